The summed E-state index contributed by atoms with van der Waals surface area (Å²) in [6, 6.07) is 0. The van der Waals surface area contributed by atoms with Crippen LogP contribution in [-0.2, 0) is 10.0 Å². The molecule has 0 saturated heterocycles. The number of sulfonamides is 1. The van der Waals surface area contributed by atoms with Gasteiger partial charge in [-0.05, 0) is 11.6 Å². The van der Waals surface area contributed by atoms with Crippen LogP contribution < -0.4 is 0 Å². The van der Waals surface area contributed by atoms with E-state index < -0.39 is 10.0 Å². The Hall–Kier alpha value is -0.550. The van der Waals surface area contributed by atoms with E-state index >= 15 is 0 Å². The molecule has 0 aromatic carbocycles. The minimum absolute atomic E-state index is 0.123. The molecule has 0 aliphatic carbocycles. The zero-order valence-corrected chi connectivity index (χ0v) is 7.85. The Morgan fingerprint density at radius 2 is 2.18 bits per heavy atom. The first kappa shape index (κ1) is 10.4. The van der Waals surface area contributed by atoms with E-state index in [2.05, 4.69) is 11.6 Å². The van der Waals surface area contributed by atoms with Gasteiger partial charge in [0.25, 0.3) is 0 Å². The quantitative estimate of drug-likeness (QED) is 0.369. The van der Waals surface area contributed by atoms with Gasteiger partial charge in [-0.1, -0.05) is 6.58 Å². The summed E-state index contributed by atoms with van der Waals surface area (Å²) in [5.74, 6) is 0. The van der Waals surface area contributed by atoms with Crippen molar-refractivity contribution >= 4 is 26.9 Å². The van der Waals surface area contributed by atoms with Crippen LogP contribution >= 0.6 is 11.6 Å². The second kappa shape index (κ2) is 3.73. The highest BCUT2D eigenvalue weighted by atomic mass is 35.5. The van der Waals surface area contributed by atoms with Crippen LogP contribution in [0.15, 0.2) is 17.8 Å². The van der Waals surface area contributed by atoms with Crippen LogP contribution in [0.25, 0.3) is 0 Å². The first-order valence-corrected chi connectivity index (χ1v) is 4.90. The average Bonchev–Trinajstić information content (AvgIpc) is 1.85. The van der Waals surface area contributed by atoms with Crippen molar-refractivity contribution in [3.8, 4) is 0 Å². The van der Waals surface area contributed by atoms with Crippen LogP contribution in [0.3, 0.4) is 0 Å². The van der Waals surface area contributed by atoms with E-state index in [0.717, 1.165) is 10.6 Å². The second-order valence-corrected chi connectivity index (χ2v) is 4.16. The van der Waals surface area contributed by atoms with Crippen LogP contribution in [0.1, 0.15) is 0 Å². The molecule has 4 nitrogen and oxygen atoms in total. The molecular formula is C5H9ClN2O2S. The molecule has 0 rings (SSSR count). The standard InChI is InChI=1S/C5H9ClN2O2S/c1-4-7-5(6)8(2)11(3,9)10/h4H,1H2,2-3H3/b7-5-. The van der Waals surface area contributed by atoms with E-state index in [1.165, 1.54) is 13.2 Å². The van der Waals surface area contributed by atoms with Gasteiger partial charge in [-0.25, -0.2) is 17.7 Å². The van der Waals surface area contributed by atoms with Crippen molar-refractivity contribution in [2.45, 2.75) is 0 Å². The first-order valence-electron chi connectivity index (χ1n) is 2.67. The summed E-state index contributed by atoms with van der Waals surface area (Å²) in [5, 5.41) is -0.123. The highest BCUT2D eigenvalue weighted by molar-refractivity contribution is 7.89. The van der Waals surface area contributed by atoms with Crippen molar-refractivity contribution in [3.63, 3.8) is 0 Å². The minimum atomic E-state index is -3.30. The first-order chi connectivity index (χ1) is 4.89. The van der Waals surface area contributed by atoms with Crippen molar-refractivity contribution < 1.29 is 8.42 Å². The number of aliphatic imine (C=N–C) groups is 1. The average molecular weight is 197 g/mol. The second-order valence-electron chi connectivity index (χ2n) is 1.81. The molecule has 0 radical (unpaired) electrons. The Balaban J connectivity index is 4.64. The van der Waals surface area contributed by atoms with Crippen molar-refractivity contribution in [2.24, 2.45) is 4.99 Å². The van der Waals surface area contributed by atoms with Gasteiger partial charge in [0.1, 0.15) is 0 Å². The third kappa shape index (κ3) is 3.38. The molecule has 6 heteroatoms. The van der Waals surface area contributed by atoms with Crippen molar-refractivity contribution in [2.75, 3.05) is 13.3 Å². The molecule has 0 spiro atoms. The van der Waals surface area contributed by atoms with E-state index in [9.17, 15) is 8.42 Å². The highest BCUT2D eigenvalue weighted by Gasteiger charge is 2.12. The lowest BCUT2D eigenvalue weighted by molar-refractivity contribution is 0.561. The zero-order chi connectivity index (χ0) is 9.07. The zero-order valence-electron chi connectivity index (χ0n) is 6.28. The molecule has 0 aromatic rings. The third-order valence-electron chi connectivity index (χ3n) is 0.955. The lowest BCUT2D eigenvalue weighted by Crippen LogP contribution is -2.28. The molecule has 0 atom stereocenters. The van der Waals surface area contributed by atoms with Gasteiger partial charge in [-0.15, -0.1) is 0 Å². The van der Waals surface area contributed by atoms with Crippen molar-refractivity contribution in [1.82, 2.24) is 4.31 Å². The molecular weight excluding hydrogens is 188 g/mol. The van der Waals surface area contributed by atoms with Gasteiger partial charge in [0.15, 0.2) is 0 Å². The molecule has 0 aliphatic rings. The molecule has 11 heavy (non-hydrogen) atoms. The van der Waals surface area contributed by atoms with E-state index in [1.54, 1.807) is 0 Å². The lowest BCUT2D eigenvalue weighted by Gasteiger charge is -2.12. The van der Waals surface area contributed by atoms with Crippen LogP contribution in [0, 0.1) is 0 Å². The monoisotopic (exact) mass is 196 g/mol. The van der Waals surface area contributed by atoms with Crippen LogP contribution in [0.5, 0.6) is 0 Å². The summed E-state index contributed by atoms with van der Waals surface area (Å²) < 4.78 is 22.4. The van der Waals surface area contributed by atoms with Gasteiger partial charge in [0, 0.05) is 13.2 Å². The van der Waals surface area contributed by atoms with E-state index in [4.69, 9.17) is 11.6 Å². The summed E-state index contributed by atoms with van der Waals surface area (Å²) in [4.78, 5) is 3.48. The van der Waals surface area contributed by atoms with Crippen LogP contribution in [0.2, 0.25) is 0 Å². The lowest BCUT2D eigenvalue weighted by atomic mass is 11.0. The predicted molar refractivity (Wildman–Crippen MR) is 46.1 cm³/mol. The molecule has 0 heterocycles. The summed E-state index contributed by atoms with van der Waals surface area (Å²) in [5.41, 5.74) is 0. The molecule has 0 bridgehead atoms. The maximum atomic E-state index is 10.8. The Morgan fingerprint density at radius 3 is 2.45 bits per heavy atom. The number of amidine groups is 1. The number of halogens is 1. The molecule has 0 amide bonds. The van der Waals surface area contributed by atoms with Crippen LogP contribution in [-0.4, -0.2) is 31.3 Å². The maximum absolute atomic E-state index is 10.8. The topological polar surface area (TPSA) is 49.7 Å². The van der Waals surface area contributed by atoms with Crippen LogP contribution in [0.4, 0.5) is 0 Å². The van der Waals surface area contributed by atoms with E-state index in [1.807, 2.05) is 0 Å². The molecule has 0 aliphatic heterocycles. The van der Waals surface area contributed by atoms with Crippen molar-refractivity contribution in [3.05, 3.63) is 12.8 Å². The fourth-order valence-corrected chi connectivity index (χ4v) is 1.06. The third-order valence-corrected chi connectivity index (χ3v) is 2.57. The fraction of sp³-hybridized carbons (Fsp3) is 0.400. The highest BCUT2D eigenvalue weighted by Crippen LogP contribution is 1.99. The molecule has 64 valence electrons. The number of nitrogens with zero attached hydrogens (tertiary/aromatic N) is 2. The SMILES string of the molecule is C=C/N=C(/Cl)N(C)S(C)(=O)=O. The number of rotatable bonds is 2. The van der Waals surface area contributed by atoms with Gasteiger partial charge in [-0.2, -0.15) is 0 Å². The van der Waals surface area contributed by atoms with Gasteiger partial charge >= 0.3 is 0 Å². The molecule has 0 N–H and O–H groups in total. The van der Waals surface area contributed by atoms with E-state index in [-0.39, 0.29) is 5.29 Å². The van der Waals surface area contributed by atoms with E-state index in [0.29, 0.717) is 0 Å². The maximum Gasteiger partial charge on any atom is 0.233 e. The Labute approximate surface area is 71.2 Å². The summed E-state index contributed by atoms with van der Waals surface area (Å²) in [6.45, 7) is 3.27. The Bertz CT molecular complexity index is 270. The largest absolute Gasteiger partial charge is 0.247 e. The van der Waals surface area contributed by atoms with Gasteiger partial charge < -0.3 is 0 Å². The fourth-order valence-electron chi connectivity index (χ4n) is 0.293. The molecule has 0 saturated carbocycles. The van der Waals surface area contributed by atoms with Gasteiger partial charge in [-0.3, -0.25) is 0 Å². The summed E-state index contributed by atoms with van der Waals surface area (Å²) in [7, 11) is -1.99. The summed E-state index contributed by atoms with van der Waals surface area (Å²) in [6.07, 6.45) is 2.21. The van der Waals surface area contributed by atoms with Gasteiger partial charge in [0.2, 0.25) is 15.3 Å². The molecule has 0 aromatic heterocycles. The predicted octanol–water partition coefficient (Wildman–Crippen LogP) is 0.616. The Morgan fingerprint density at radius 1 is 1.73 bits per heavy atom. The van der Waals surface area contributed by atoms with Gasteiger partial charge in [0.05, 0.1) is 6.26 Å². The number of hydrogen-bond acceptors (Lipinski definition) is 3. The summed E-state index contributed by atoms with van der Waals surface area (Å²) >= 11 is 5.44. The molecule has 0 fully saturated rings. The Kier molecular flexibility index (Phi) is 3.54. The minimum Gasteiger partial charge on any atom is -0.247 e. The molecule has 0 unspecified atom stereocenters. The van der Waals surface area contributed by atoms with Crippen molar-refractivity contribution in [1.29, 1.82) is 0 Å². The normalized spacial score (nSPS) is 12.8. The number of hydrogen-bond donors (Lipinski definition) is 0. The smallest absolute Gasteiger partial charge is 0.233 e.